The van der Waals surface area contributed by atoms with Crippen molar-refractivity contribution in [2.75, 3.05) is 19.3 Å². The number of anilines is 1. The van der Waals surface area contributed by atoms with Gasteiger partial charge in [0.05, 0.1) is 12.8 Å². The molecule has 0 aliphatic carbocycles. The van der Waals surface area contributed by atoms with E-state index in [0.717, 1.165) is 5.69 Å². The Labute approximate surface area is 81.7 Å². The third kappa shape index (κ3) is 4.10. The average Bonchev–Trinajstić information content (AvgIpc) is 2.13. The average molecular weight is 203 g/mol. The molecule has 4 nitrogen and oxygen atoms in total. The molecular weight excluding hydrogens is 192 g/mol. The van der Waals surface area contributed by atoms with Gasteiger partial charge in [-0.25, -0.2) is 0 Å². The summed E-state index contributed by atoms with van der Waals surface area (Å²) in [4.78, 5) is 9.53. The molecule has 0 saturated carbocycles. The van der Waals surface area contributed by atoms with Crippen LogP contribution in [0.3, 0.4) is 0 Å². The van der Waals surface area contributed by atoms with Crippen molar-refractivity contribution in [2.24, 2.45) is 0 Å². The molecule has 0 saturated heterocycles. The van der Waals surface area contributed by atoms with Gasteiger partial charge in [0, 0.05) is 5.02 Å². The van der Waals surface area contributed by atoms with Crippen molar-refractivity contribution in [1.82, 2.24) is 5.48 Å². The minimum absolute atomic E-state index is 0.253. The molecule has 5 heteroatoms. The van der Waals surface area contributed by atoms with Crippen molar-refractivity contribution in [3.8, 4) is 0 Å². The molecule has 2 N–H and O–H groups in total. The lowest BCUT2D eigenvalue weighted by Gasteiger charge is -2.06. The highest BCUT2D eigenvalue weighted by atomic mass is 35.5. The van der Waals surface area contributed by atoms with Gasteiger partial charge in [-0.1, -0.05) is 17.7 Å². The molecule has 0 aliphatic heterocycles. The zero-order valence-corrected chi connectivity index (χ0v) is 7.97. The lowest BCUT2D eigenvalue weighted by Crippen LogP contribution is -2.18. The van der Waals surface area contributed by atoms with Crippen LogP contribution < -0.4 is 11.0 Å². The smallest absolute Gasteiger partial charge is 0.147 e. The Morgan fingerprint density at radius 2 is 2.31 bits per heavy atom. The van der Waals surface area contributed by atoms with E-state index in [2.05, 4.69) is 15.8 Å². The second-order valence-corrected chi connectivity index (χ2v) is 2.69. The second-order valence-electron chi connectivity index (χ2n) is 2.25. The van der Waals surface area contributed by atoms with Gasteiger partial charge in [0.25, 0.3) is 0 Å². The van der Waals surface area contributed by atoms with Gasteiger partial charge < -0.3 is 4.84 Å². The van der Waals surface area contributed by atoms with E-state index < -0.39 is 0 Å². The molecule has 0 spiro atoms. The number of hydrogen-bond donors (Lipinski definition) is 2. The molecule has 72 valence electrons. The molecule has 1 rings (SSSR count). The molecule has 0 fully saturated rings. The third-order valence-corrected chi connectivity index (χ3v) is 1.53. The zero-order valence-electron chi connectivity index (χ0n) is 7.21. The first-order valence-electron chi connectivity index (χ1n) is 3.72. The van der Waals surface area contributed by atoms with Crippen LogP contribution in [0.15, 0.2) is 24.3 Å². The van der Waals surface area contributed by atoms with Crippen LogP contribution in [0.4, 0.5) is 5.69 Å². The molecule has 0 radical (unpaired) electrons. The van der Waals surface area contributed by atoms with Gasteiger partial charge in [0.2, 0.25) is 0 Å². The summed E-state index contributed by atoms with van der Waals surface area (Å²) in [6.45, 7) is 0.253. The number of rotatable bonds is 5. The summed E-state index contributed by atoms with van der Waals surface area (Å²) in [5.41, 5.74) is 6.01. The topological polar surface area (TPSA) is 42.5 Å². The summed E-state index contributed by atoms with van der Waals surface area (Å²) >= 11 is 5.75. The Morgan fingerprint density at radius 1 is 1.46 bits per heavy atom. The molecule has 0 bridgehead atoms. The maximum atomic E-state index is 5.75. The molecule has 1 aromatic rings. The Kier molecular flexibility index (Phi) is 4.56. The summed E-state index contributed by atoms with van der Waals surface area (Å²) in [5, 5.41) is 0.660. The van der Waals surface area contributed by atoms with E-state index in [-0.39, 0.29) is 6.73 Å². The normalized spacial score (nSPS) is 10.0. The monoisotopic (exact) mass is 202 g/mol. The number of hydrogen-bond acceptors (Lipinski definition) is 4. The predicted molar refractivity (Wildman–Crippen MR) is 51.2 cm³/mol. The van der Waals surface area contributed by atoms with Crippen LogP contribution in [0.1, 0.15) is 0 Å². The van der Waals surface area contributed by atoms with Crippen molar-refractivity contribution < 1.29 is 9.68 Å². The highest BCUT2D eigenvalue weighted by Gasteiger charge is 1.91. The fourth-order valence-corrected chi connectivity index (χ4v) is 0.950. The van der Waals surface area contributed by atoms with Gasteiger partial charge in [-0.05, 0) is 18.2 Å². The lowest BCUT2D eigenvalue weighted by atomic mass is 10.3. The molecule has 0 heterocycles. The van der Waals surface area contributed by atoms with E-state index in [1.54, 1.807) is 12.1 Å². The molecule has 0 amide bonds. The van der Waals surface area contributed by atoms with Crippen molar-refractivity contribution in [1.29, 1.82) is 0 Å². The maximum Gasteiger partial charge on any atom is 0.147 e. The number of halogens is 1. The van der Waals surface area contributed by atoms with E-state index in [4.69, 9.17) is 16.4 Å². The molecular formula is C8H11ClN2O2. The van der Waals surface area contributed by atoms with Crippen LogP contribution in [0.25, 0.3) is 0 Å². The third-order valence-electron chi connectivity index (χ3n) is 1.29. The molecule has 0 aliphatic rings. The molecule has 13 heavy (non-hydrogen) atoms. The Bertz CT molecular complexity index is 258. The van der Waals surface area contributed by atoms with Gasteiger partial charge in [-0.15, -0.1) is 0 Å². The van der Waals surface area contributed by atoms with Gasteiger partial charge >= 0.3 is 0 Å². The minimum atomic E-state index is 0.253. The van der Waals surface area contributed by atoms with E-state index in [9.17, 15) is 0 Å². The fourth-order valence-electron chi connectivity index (χ4n) is 0.760. The van der Waals surface area contributed by atoms with Crippen molar-refractivity contribution in [3.63, 3.8) is 0 Å². The van der Waals surface area contributed by atoms with E-state index in [1.165, 1.54) is 7.11 Å². The van der Waals surface area contributed by atoms with Gasteiger partial charge in [0.1, 0.15) is 6.73 Å². The van der Waals surface area contributed by atoms with Gasteiger partial charge in [-0.3, -0.25) is 10.3 Å². The summed E-state index contributed by atoms with van der Waals surface area (Å²) in [5.74, 6) is 0. The lowest BCUT2D eigenvalue weighted by molar-refractivity contribution is 0.0111. The highest BCUT2D eigenvalue weighted by molar-refractivity contribution is 6.30. The first kappa shape index (κ1) is 10.3. The van der Waals surface area contributed by atoms with Crippen LogP contribution in [0.5, 0.6) is 0 Å². The summed E-state index contributed by atoms with van der Waals surface area (Å²) < 4.78 is 0. The summed E-state index contributed by atoms with van der Waals surface area (Å²) in [6, 6.07) is 7.23. The maximum absolute atomic E-state index is 5.75. The van der Waals surface area contributed by atoms with Crippen molar-refractivity contribution in [2.45, 2.75) is 0 Å². The first-order valence-corrected chi connectivity index (χ1v) is 4.10. The number of hydroxylamine groups is 1. The quantitative estimate of drug-likeness (QED) is 0.434. The summed E-state index contributed by atoms with van der Waals surface area (Å²) in [6.07, 6.45) is 0. The van der Waals surface area contributed by atoms with Crippen LogP contribution in [-0.2, 0) is 9.68 Å². The van der Waals surface area contributed by atoms with Crippen LogP contribution in [0.2, 0.25) is 5.02 Å². The second kappa shape index (κ2) is 5.77. The van der Waals surface area contributed by atoms with E-state index >= 15 is 0 Å². The molecule has 1 aromatic carbocycles. The van der Waals surface area contributed by atoms with Gasteiger partial charge in [-0.2, -0.15) is 5.48 Å². The number of benzene rings is 1. The van der Waals surface area contributed by atoms with Crippen LogP contribution >= 0.6 is 11.6 Å². The minimum Gasteiger partial charge on any atom is -0.303 e. The Hall–Kier alpha value is -0.810. The van der Waals surface area contributed by atoms with Gasteiger partial charge in [0.15, 0.2) is 0 Å². The van der Waals surface area contributed by atoms with E-state index in [0.29, 0.717) is 5.02 Å². The molecule has 0 aromatic heterocycles. The first-order chi connectivity index (χ1) is 6.33. The fraction of sp³-hybridized carbons (Fsp3) is 0.250. The van der Waals surface area contributed by atoms with Crippen molar-refractivity contribution in [3.05, 3.63) is 29.3 Å². The highest BCUT2D eigenvalue weighted by Crippen LogP contribution is 2.14. The largest absolute Gasteiger partial charge is 0.303 e. The Morgan fingerprint density at radius 3 is 3.00 bits per heavy atom. The standard InChI is InChI=1S/C8H11ClN2O2/c1-12-10-6-13-11-8-4-2-3-7(9)5-8/h2-5,10-11H,6H2,1H3. The number of nitrogens with one attached hydrogen (secondary N) is 2. The van der Waals surface area contributed by atoms with Crippen LogP contribution in [-0.4, -0.2) is 13.8 Å². The Balaban J connectivity index is 2.28. The predicted octanol–water partition coefficient (Wildman–Crippen LogP) is 1.79. The SMILES string of the molecule is CONCONc1cccc(Cl)c1. The summed E-state index contributed by atoms with van der Waals surface area (Å²) in [7, 11) is 1.52. The molecule has 0 atom stereocenters. The van der Waals surface area contributed by atoms with Crippen molar-refractivity contribution >= 4 is 17.3 Å². The molecule has 0 unspecified atom stereocenters. The van der Waals surface area contributed by atoms with E-state index in [1.807, 2.05) is 12.1 Å². The zero-order chi connectivity index (χ0) is 9.52. The van der Waals surface area contributed by atoms with Crippen LogP contribution in [0, 0.1) is 0 Å².